The van der Waals surface area contributed by atoms with Crippen LogP contribution in [-0.4, -0.2) is 28.9 Å². The molecule has 0 spiro atoms. The van der Waals surface area contributed by atoms with Gasteiger partial charge in [-0.1, -0.05) is 17.7 Å². The molecule has 5 nitrogen and oxygen atoms in total. The Hall–Kier alpha value is -1.33. The molecule has 1 unspecified atom stereocenters. The number of hydrogen-bond acceptors (Lipinski definition) is 4. The second-order valence-corrected chi connectivity index (χ2v) is 4.70. The summed E-state index contributed by atoms with van der Waals surface area (Å²) in [6.07, 6.45) is 5.54. The van der Waals surface area contributed by atoms with Gasteiger partial charge in [0.05, 0.1) is 18.4 Å². The van der Waals surface area contributed by atoms with Crippen LogP contribution in [0.2, 0.25) is 5.02 Å². The summed E-state index contributed by atoms with van der Waals surface area (Å²) in [5.74, 6) is 0. The fraction of sp³-hybridized carbons (Fsp3) is 0.500. The normalized spacial score (nSPS) is 18.8. The molecule has 18 heavy (non-hydrogen) atoms. The third-order valence-electron chi connectivity index (χ3n) is 2.99. The van der Waals surface area contributed by atoms with Crippen molar-refractivity contribution >= 4 is 17.3 Å². The first-order valence-electron chi connectivity index (χ1n) is 6.06. The zero-order valence-electron chi connectivity index (χ0n) is 10.2. The van der Waals surface area contributed by atoms with Crippen LogP contribution >= 0.6 is 11.6 Å². The summed E-state index contributed by atoms with van der Waals surface area (Å²) in [7, 11) is 0. The van der Waals surface area contributed by atoms with Gasteiger partial charge in [0.2, 0.25) is 0 Å². The molecule has 1 aliphatic heterocycles. The number of aromatic nitrogens is 2. The first-order valence-corrected chi connectivity index (χ1v) is 6.44. The topological polar surface area (TPSA) is 59.0 Å². The molecule has 1 saturated heterocycles. The van der Waals surface area contributed by atoms with Gasteiger partial charge in [0.25, 0.3) is 5.56 Å². The second-order valence-electron chi connectivity index (χ2n) is 4.32. The van der Waals surface area contributed by atoms with Crippen molar-refractivity contribution in [1.29, 1.82) is 0 Å². The Kier molecular flexibility index (Phi) is 4.38. The average Bonchev–Trinajstić information content (AvgIpc) is 2.87. The van der Waals surface area contributed by atoms with Crippen molar-refractivity contribution in [3.05, 3.63) is 34.2 Å². The van der Waals surface area contributed by atoms with Gasteiger partial charge in [-0.05, 0) is 19.4 Å². The van der Waals surface area contributed by atoms with E-state index in [0.29, 0.717) is 18.3 Å². The summed E-state index contributed by atoms with van der Waals surface area (Å²) in [6.45, 7) is 5.75. The van der Waals surface area contributed by atoms with Crippen molar-refractivity contribution < 1.29 is 0 Å². The monoisotopic (exact) mass is 268 g/mol. The summed E-state index contributed by atoms with van der Waals surface area (Å²) < 4.78 is 1.29. The fourth-order valence-electron chi connectivity index (χ4n) is 2.00. The minimum absolute atomic E-state index is 0.185. The van der Waals surface area contributed by atoms with Crippen molar-refractivity contribution in [3.63, 3.8) is 0 Å². The summed E-state index contributed by atoms with van der Waals surface area (Å²) in [4.78, 5) is 11.8. The van der Waals surface area contributed by atoms with Crippen LogP contribution in [0.4, 0.5) is 5.69 Å². The summed E-state index contributed by atoms with van der Waals surface area (Å²) in [6, 6.07) is 0.441. The van der Waals surface area contributed by atoms with Gasteiger partial charge in [-0.25, -0.2) is 4.68 Å². The Labute approximate surface area is 111 Å². The first kappa shape index (κ1) is 13.1. The highest BCUT2D eigenvalue weighted by Crippen LogP contribution is 2.16. The van der Waals surface area contributed by atoms with Crippen molar-refractivity contribution in [1.82, 2.24) is 15.1 Å². The third-order valence-corrected chi connectivity index (χ3v) is 3.35. The molecular weight excluding hydrogens is 252 g/mol. The largest absolute Gasteiger partial charge is 0.381 e. The van der Waals surface area contributed by atoms with E-state index in [1.54, 1.807) is 12.3 Å². The molecule has 1 fully saturated rings. The number of nitrogens with one attached hydrogen (secondary N) is 2. The highest BCUT2D eigenvalue weighted by molar-refractivity contribution is 6.32. The van der Waals surface area contributed by atoms with Crippen LogP contribution in [0, 0.1) is 0 Å². The Morgan fingerprint density at radius 1 is 1.72 bits per heavy atom. The van der Waals surface area contributed by atoms with E-state index in [2.05, 4.69) is 22.3 Å². The quantitative estimate of drug-likeness (QED) is 0.789. The van der Waals surface area contributed by atoms with Gasteiger partial charge in [0.1, 0.15) is 5.02 Å². The highest BCUT2D eigenvalue weighted by Gasteiger charge is 2.15. The van der Waals surface area contributed by atoms with Crippen LogP contribution in [0.15, 0.2) is 23.6 Å². The molecule has 2 heterocycles. The van der Waals surface area contributed by atoms with E-state index in [1.165, 1.54) is 11.1 Å². The molecule has 0 saturated carbocycles. The van der Waals surface area contributed by atoms with Crippen molar-refractivity contribution in [2.75, 3.05) is 18.4 Å². The summed E-state index contributed by atoms with van der Waals surface area (Å²) in [5.41, 5.74) is 0.302. The van der Waals surface area contributed by atoms with Crippen LogP contribution in [0.3, 0.4) is 0 Å². The number of nitrogens with zero attached hydrogens (tertiary/aromatic N) is 2. The van der Waals surface area contributed by atoms with Crippen molar-refractivity contribution in [3.8, 4) is 0 Å². The Balaban J connectivity index is 2.06. The molecule has 2 N–H and O–H groups in total. The van der Waals surface area contributed by atoms with Gasteiger partial charge in [0, 0.05) is 12.6 Å². The predicted molar refractivity (Wildman–Crippen MR) is 73.2 cm³/mol. The van der Waals surface area contributed by atoms with Crippen LogP contribution in [0.1, 0.15) is 12.8 Å². The van der Waals surface area contributed by atoms with Gasteiger partial charge >= 0.3 is 0 Å². The molecule has 1 atom stereocenters. The molecule has 2 rings (SSSR count). The molecule has 0 aliphatic carbocycles. The zero-order chi connectivity index (χ0) is 13.0. The van der Waals surface area contributed by atoms with Gasteiger partial charge in [-0.3, -0.25) is 4.79 Å². The lowest BCUT2D eigenvalue weighted by atomic mass is 10.2. The maximum absolute atomic E-state index is 11.8. The standard InChI is InChI=1S/C12H17ClN4O/c1-2-6-17-12(18)11(13)10(8-16-17)15-7-9-4-3-5-14-9/h2,8-9,14-15H,1,3-7H2. The van der Waals surface area contributed by atoms with Crippen LogP contribution in [0.25, 0.3) is 0 Å². The lowest BCUT2D eigenvalue weighted by Gasteiger charge is -2.13. The first-order chi connectivity index (χ1) is 8.72. The maximum Gasteiger partial charge on any atom is 0.287 e. The van der Waals surface area contributed by atoms with Crippen molar-refractivity contribution in [2.24, 2.45) is 0 Å². The minimum atomic E-state index is -0.291. The number of hydrogen-bond donors (Lipinski definition) is 2. The number of rotatable bonds is 5. The van der Waals surface area contributed by atoms with Crippen molar-refractivity contribution in [2.45, 2.75) is 25.4 Å². The smallest absolute Gasteiger partial charge is 0.287 e. The Bertz CT molecular complexity index is 479. The maximum atomic E-state index is 11.8. The minimum Gasteiger partial charge on any atom is -0.381 e. The number of allylic oxidation sites excluding steroid dienone is 1. The predicted octanol–water partition coefficient (Wildman–Crippen LogP) is 1.25. The average molecular weight is 269 g/mol. The van der Waals surface area contributed by atoms with E-state index in [4.69, 9.17) is 11.6 Å². The Morgan fingerprint density at radius 2 is 2.56 bits per heavy atom. The van der Waals surface area contributed by atoms with Gasteiger partial charge in [0.15, 0.2) is 0 Å². The molecule has 1 aliphatic rings. The molecule has 0 bridgehead atoms. The fourth-order valence-corrected chi connectivity index (χ4v) is 2.22. The summed E-state index contributed by atoms with van der Waals surface area (Å²) >= 11 is 6.03. The lowest BCUT2D eigenvalue weighted by Crippen LogP contribution is -2.30. The third kappa shape index (κ3) is 2.91. The molecule has 0 aromatic carbocycles. The van der Waals surface area contributed by atoms with Crippen LogP contribution < -0.4 is 16.2 Å². The van der Waals surface area contributed by atoms with E-state index in [-0.39, 0.29) is 10.6 Å². The van der Waals surface area contributed by atoms with Crippen LogP contribution in [-0.2, 0) is 6.54 Å². The zero-order valence-corrected chi connectivity index (χ0v) is 10.9. The van der Waals surface area contributed by atoms with E-state index in [1.807, 2.05) is 0 Å². The van der Waals surface area contributed by atoms with E-state index >= 15 is 0 Å². The molecule has 0 amide bonds. The molecule has 0 radical (unpaired) electrons. The summed E-state index contributed by atoms with van der Waals surface area (Å²) in [5, 5.41) is 10.8. The van der Waals surface area contributed by atoms with E-state index in [9.17, 15) is 4.79 Å². The molecule has 98 valence electrons. The molecule has 1 aromatic rings. The number of halogens is 1. The highest BCUT2D eigenvalue weighted by atomic mass is 35.5. The molecule has 1 aromatic heterocycles. The van der Waals surface area contributed by atoms with Gasteiger partial charge in [-0.2, -0.15) is 5.10 Å². The van der Waals surface area contributed by atoms with Crippen LogP contribution in [0.5, 0.6) is 0 Å². The number of anilines is 1. The lowest BCUT2D eigenvalue weighted by molar-refractivity contribution is 0.629. The Morgan fingerprint density at radius 3 is 3.22 bits per heavy atom. The molecule has 6 heteroatoms. The van der Waals surface area contributed by atoms with Gasteiger partial charge in [-0.15, -0.1) is 6.58 Å². The second kappa shape index (κ2) is 6.02. The molecular formula is C12H17ClN4O. The van der Waals surface area contributed by atoms with E-state index < -0.39 is 0 Å². The van der Waals surface area contributed by atoms with Gasteiger partial charge < -0.3 is 10.6 Å². The SMILES string of the molecule is C=CCn1ncc(NCC2CCCN2)c(Cl)c1=O. The van der Waals surface area contributed by atoms with E-state index in [0.717, 1.165) is 19.5 Å².